The van der Waals surface area contributed by atoms with Crippen molar-refractivity contribution in [2.24, 2.45) is 0 Å². The van der Waals surface area contributed by atoms with Gasteiger partial charge in [0, 0.05) is 16.7 Å². The molecule has 0 amide bonds. The molecule has 1 aromatic carbocycles. The molecule has 0 radical (unpaired) electrons. The number of hydrogen-bond acceptors (Lipinski definition) is 5. The molecule has 2 N–H and O–H groups in total. The second-order valence-corrected chi connectivity index (χ2v) is 7.22. The number of fused-ring (bicyclic) bond motifs is 1. The fourth-order valence-corrected chi connectivity index (χ4v) is 4.16. The van der Waals surface area contributed by atoms with Crippen molar-refractivity contribution in [2.45, 2.75) is 23.1 Å². The van der Waals surface area contributed by atoms with Crippen molar-refractivity contribution in [3.8, 4) is 0 Å². The Morgan fingerprint density at radius 1 is 1.40 bits per heavy atom. The maximum Gasteiger partial charge on any atom is 0.244 e. The second kappa shape index (κ2) is 6.17. The molecule has 0 fully saturated rings. The average molecular weight is 315 g/mol. The van der Waals surface area contributed by atoms with Gasteiger partial charge in [-0.1, -0.05) is 12.1 Å². The zero-order valence-electron chi connectivity index (χ0n) is 11.2. The molecule has 0 aliphatic carbocycles. The fraction of sp³-hybridized carbons (Fsp3) is 0.385. The first-order chi connectivity index (χ1) is 9.49. The van der Waals surface area contributed by atoms with Crippen LogP contribution in [0.25, 0.3) is 11.0 Å². The van der Waals surface area contributed by atoms with E-state index in [0.29, 0.717) is 5.58 Å². The topological polar surface area (TPSA) is 79.5 Å². The van der Waals surface area contributed by atoms with Crippen LogP contribution in [0.3, 0.4) is 0 Å². The lowest BCUT2D eigenvalue weighted by Crippen LogP contribution is -2.41. The fourth-order valence-electron chi connectivity index (χ4n) is 2.00. The van der Waals surface area contributed by atoms with Crippen molar-refractivity contribution in [1.29, 1.82) is 0 Å². The molecule has 2 unspecified atom stereocenters. The molecule has 0 bridgehead atoms. The van der Waals surface area contributed by atoms with Gasteiger partial charge in [0.05, 0.1) is 12.9 Å². The van der Waals surface area contributed by atoms with E-state index in [0.717, 1.165) is 5.39 Å². The quantitative estimate of drug-likeness (QED) is 0.850. The standard InChI is InChI=1S/C13H17NO4S2/c1-9(11(8-15)19-2)14-20(16,17)12-5-3-4-10-6-7-18-13(10)12/h3-7,9,11,14-15H,8H2,1-2H3. The van der Waals surface area contributed by atoms with Crippen molar-refractivity contribution >= 4 is 32.8 Å². The largest absolute Gasteiger partial charge is 0.463 e. The van der Waals surface area contributed by atoms with Crippen molar-refractivity contribution in [3.05, 3.63) is 30.5 Å². The van der Waals surface area contributed by atoms with Gasteiger partial charge in [0.2, 0.25) is 10.0 Å². The monoisotopic (exact) mass is 315 g/mol. The second-order valence-electron chi connectivity index (χ2n) is 4.46. The first-order valence-electron chi connectivity index (χ1n) is 6.12. The van der Waals surface area contributed by atoms with Crippen LogP contribution in [-0.4, -0.2) is 37.7 Å². The molecule has 2 atom stereocenters. The molecule has 2 aromatic rings. The predicted octanol–water partition coefficient (Wildman–Crippen LogP) is 1.82. The van der Waals surface area contributed by atoms with Gasteiger partial charge in [-0.2, -0.15) is 11.8 Å². The molecule has 5 nitrogen and oxygen atoms in total. The Hall–Kier alpha value is -1.02. The Morgan fingerprint density at radius 2 is 2.15 bits per heavy atom. The molecule has 0 aliphatic heterocycles. The van der Waals surface area contributed by atoms with E-state index in [-0.39, 0.29) is 22.8 Å². The summed E-state index contributed by atoms with van der Waals surface area (Å²) in [5.74, 6) is 0. The zero-order chi connectivity index (χ0) is 14.8. The minimum Gasteiger partial charge on any atom is -0.463 e. The first kappa shape index (κ1) is 15.4. The SMILES string of the molecule is CSC(CO)C(C)NS(=O)(=O)c1cccc2ccoc12. The molecule has 110 valence electrons. The zero-order valence-corrected chi connectivity index (χ0v) is 12.9. The number of para-hydroxylation sites is 1. The normalized spacial score (nSPS) is 15.3. The molecule has 0 aliphatic rings. The minimum atomic E-state index is -3.69. The van der Waals surface area contributed by atoms with Crippen LogP contribution in [0.2, 0.25) is 0 Å². The first-order valence-corrected chi connectivity index (χ1v) is 8.89. The Labute approximate surface area is 122 Å². The number of thioether (sulfide) groups is 1. The van der Waals surface area contributed by atoms with Crippen LogP contribution in [0.5, 0.6) is 0 Å². The number of hydrogen-bond donors (Lipinski definition) is 2. The van der Waals surface area contributed by atoms with Crippen LogP contribution in [-0.2, 0) is 10.0 Å². The van der Waals surface area contributed by atoms with E-state index in [2.05, 4.69) is 4.72 Å². The maximum absolute atomic E-state index is 12.4. The van der Waals surface area contributed by atoms with Crippen LogP contribution in [0.15, 0.2) is 39.8 Å². The summed E-state index contributed by atoms with van der Waals surface area (Å²) in [5.41, 5.74) is 0.344. The summed E-state index contributed by atoms with van der Waals surface area (Å²) in [6.07, 6.45) is 3.30. The molecule has 1 heterocycles. The Kier molecular flexibility index (Phi) is 4.74. The molecular weight excluding hydrogens is 298 g/mol. The number of sulfonamides is 1. The Balaban J connectivity index is 2.33. The highest BCUT2D eigenvalue weighted by molar-refractivity contribution is 7.99. The van der Waals surface area contributed by atoms with E-state index in [1.807, 2.05) is 6.26 Å². The lowest BCUT2D eigenvalue weighted by molar-refractivity contribution is 0.282. The molecule has 1 aromatic heterocycles. The van der Waals surface area contributed by atoms with Gasteiger partial charge in [-0.3, -0.25) is 0 Å². The van der Waals surface area contributed by atoms with Gasteiger partial charge in [0.25, 0.3) is 0 Å². The third kappa shape index (κ3) is 3.01. The Bertz CT molecular complexity index is 676. The Morgan fingerprint density at radius 3 is 2.80 bits per heavy atom. The van der Waals surface area contributed by atoms with Gasteiger partial charge in [0.1, 0.15) is 4.90 Å². The summed E-state index contributed by atoms with van der Waals surface area (Å²) in [5, 5.41) is 9.77. The highest BCUT2D eigenvalue weighted by Gasteiger charge is 2.25. The highest BCUT2D eigenvalue weighted by atomic mass is 32.2. The van der Waals surface area contributed by atoms with E-state index in [1.54, 1.807) is 25.1 Å². The van der Waals surface area contributed by atoms with Crippen LogP contribution < -0.4 is 4.72 Å². The van der Waals surface area contributed by atoms with Crippen LogP contribution in [0.4, 0.5) is 0 Å². The van der Waals surface area contributed by atoms with E-state index in [4.69, 9.17) is 4.42 Å². The van der Waals surface area contributed by atoms with Gasteiger partial charge < -0.3 is 9.52 Å². The summed E-state index contributed by atoms with van der Waals surface area (Å²) < 4.78 is 32.7. The smallest absolute Gasteiger partial charge is 0.244 e. The third-order valence-corrected chi connectivity index (χ3v) is 5.86. The molecular formula is C13H17NO4S2. The van der Waals surface area contributed by atoms with Gasteiger partial charge in [0.15, 0.2) is 5.58 Å². The summed E-state index contributed by atoms with van der Waals surface area (Å²) in [7, 11) is -3.69. The van der Waals surface area contributed by atoms with Gasteiger partial charge in [-0.15, -0.1) is 0 Å². The summed E-state index contributed by atoms with van der Waals surface area (Å²) in [6, 6.07) is 6.31. The number of benzene rings is 1. The lowest BCUT2D eigenvalue weighted by Gasteiger charge is -2.21. The van der Waals surface area contributed by atoms with Crippen molar-refractivity contribution < 1.29 is 17.9 Å². The number of aliphatic hydroxyl groups excluding tert-OH is 1. The summed E-state index contributed by atoms with van der Waals surface area (Å²) in [4.78, 5) is 0.115. The van der Waals surface area contributed by atoms with E-state index < -0.39 is 10.0 Å². The predicted molar refractivity (Wildman–Crippen MR) is 80.4 cm³/mol. The molecule has 0 spiro atoms. The van der Waals surface area contributed by atoms with E-state index >= 15 is 0 Å². The minimum absolute atomic E-state index is 0.0875. The number of aliphatic hydroxyl groups is 1. The maximum atomic E-state index is 12.4. The van der Waals surface area contributed by atoms with E-state index in [1.165, 1.54) is 24.1 Å². The highest BCUT2D eigenvalue weighted by Crippen LogP contribution is 2.24. The molecule has 2 rings (SSSR count). The molecule has 0 saturated heterocycles. The summed E-state index contributed by atoms with van der Waals surface area (Å²) in [6.45, 7) is 1.65. The summed E-state index contributed by atoms with van der Waals surface area (Å²) >= 11 is 1.42. The number of nitrogens with one attached hydrogen (secondary N) is 1. The molecule has 0 saturated carbocycles. The van der Waals surface area contributed by atoms with Gasteiger partial charge >= 0.3 is 0 Å². The van der Waals surface area contributed by atoms with Crippen molar-refractivity contribution in [3.63, 3.8) is 0 Å². The van der Waals surface area contributed by atoms with E-state index in [9.17, 15) is 13.5 Å². The van der Waals surface area contributed by atoms with Crippen LogP contribution >= 0.6 is 11.8 Å². The number of furan rings is 1. The van der Waals surface area contributed by atoms with Crippen LogP contribution in [0, 0.1) is 0 Å². The van der Waals surface area contributed by atoms with Gasteiger partial charge in [-0.05, 0) is 25.3 Å². The van der Waals surface area contributed by atoms with Crippen molar-refractivity contribution in [2.75, 3.05) is 12.9 Å². The lowest BCUT2D eigenvalue weighted by atomic mass is 10.2. The molecule has 7 heteroatoms. The van der Waals surface area contributed by atoms with Crippen molar-refractivity contribution in [1.82, 2.24) is 4.72 Å². The number of rotatable bonds is 6. The third-order valence-electron chi connectivity index (χ3n) is 3.11. The van der Waals surface area contributed by atoms with Crippen LogP contribution in [0.1, 0.15) is 6.92 Å². The molecule has 20 heavy (non-hydrogen) atoms. The van der Waals surface area contributed by atoms with Gasteiger partial charge in [-0.25, -0.2) is 13.1 Å². The average Bonchev–Trinajstić information content (AvgIpc) is 2.87.